The van der Waals surface area contributed by atoms with Gasteiger partial charge in [0.15, 0.2) is 0 Å². The van der Waals surface area contributed by atoms with E-state index in [1.54, 1.807) is 24.3 Å². The number of anilines is 1. The van der Waals surface area contributed by atoms with Crippen molar-refractivity contribution in [3.05, 3.63) is 76.4 Å². The zero-order valence-electron chi connectivity index (χ0n) is 15.5. The predicted octanol–water partition coefficient (Wildman–Crippen LogP) is 5.63. The molecule has 0 spiro atoms. The molecule has 1 N–H and O–H groups in total. The van der Waals surface area contributed by atoms with Crippen LogP contribution in [0, 0.1) is 12.8 Å². The van der Waals surface area contributed by atoms with Crippen molar-refractivity contribution in [2.75, 3.05) is 12.4 Å². The number of benzene rings is 2. The van der Waals surface area contributed by atoms with Gasteiger partial charge in [-0.2, -0.15) is 13.2 Å². The van der Waals surface area contributed by atoms with Gasteiger partial charge in [0, 0.05) is 11.6 Å². The highest BCUT2D eigenvalue weighted by Crippen LogP contribution is 2.53. The lowest BCUT2D eigenvalue weighted by Gasteiger charge is -2.39. The molecule has 3 atom stereocenters. The van der Waals surface area contributed by atoms with Crippen molar-refractivity contribution >= 4 is 11.7 Å². The number of aryl methyl sites for hydroxylation is 1. The number of methoxy groups -OCH3 is 1. The molecule has 28 heavy (non-hydrogen) atoms. The van der Waals surface area contributed by atoms with E-state index in [4.69, 9.17) is 4.74 Å². The Morgan fingerprint density at radius 2 is 1.93 bits per heavy atom. The molecule has 1 aliphatic carbocycles. The molecule has 0 unspecified atom stereocenters. The van der Waals surface area contributed by atoms with Crippen molar-refractivity contribution in [3.8, 4) is 0 Å². The van der Waals surface area contributed by atoms with Crippen molar-refractivity contribution in [2.24, 2.45) is 5.92 Å². The zero-order chi connectivity index (χ0) is 20.1. The van der Waals surface area contributed by atoms with Crippen molar-refractivity contribution in [3.63, 3.8) is 0 Å². The second kappa shape index (κ2) is 6.69. The second-order valence-corrected chi connectivity index (χ2v) is 7.27. The lowest BCUT2D eigenvalue weighted by Crippen LogP contribution is -2.32. The van der Waals surface area contributed by atoms with Crippen LogP contribution in [-0.4, -0.2) is 13.1 Å². The van der Waals surface area contributed by atoms with Crippen LogP contribution >= 0.6 is 0 Å². The van der Waals surface area contributed by atoms with Crippen molar-refractivity contribution in [2.45, 2.75) is 31.5 Å². The van der Waals surface area contributed by atoms with Crippen LogP contribution in [0.15, 0.2) is 48.6 Å². The minimum atomic E-state index is -4.43. The maximum absolute atomic E-state index is 13.6. The highest BCUT2D eigenvalue weighted by atomic mass is 19.4. The number of esters is 1. The number of ether oxygens (including phenoxy) is 1. The summed E-state index contributed by atoms with van der Waals surface area (Å²) < 4.78 is 45.8. The van der Waals surface area contributed by atoms with E-state index in [9.17, 15) is 18.0 Å². The van der Waals surface area contributed by atoms with Crippen LogP contribution in [0.3, 0.4) is 0 Å². The molecule has 0 saturated heterocycles. The number of alkyl halides is 3. The smallest absolute Gasteiger partial charge is 0.416 e. The quantitative estimate of drug-likeness (QED) is 0.536. The van der Waals surface area contributed by atoms with E-state index in [0.29, 0.717) is 12.0 Å². The van der Waals surface area contributed by atoms with Crippen LogP contribution < -0.4 is 5.32 Å². The van der Waals surface area contributed by atoms with Gasteiger partial charge < -0.3 is 10.1 Å². The van der Waals surface area contributed by atoms with Crippen molar-refractivity contribution in [1.82, 2.24) is 0 Å². The molecule has 0 fully saturated rings. The Hall–Kier alpha value is -2.76. The molecule has 2 aromatic rings. The minimum Gasteiger partial charge on any atom is -0.465 e. The number of carbonyl (C=O) groups excluding carboxylic acids is 1. The molecule has 0 saturated carbocycles. The van der Waals surface area contributed by atoms with Crippen LogP contribution in [0.1, 0.15) is 51.0 Å². The Kier molecular flexibility index (Phi) is 4.44. The van der Waals surface area contributed by atoms with Gasteiger partial charge >= 0.3 is 12.1 Å². The summed E-state index contributed by atoms with van der Waals surface area (Å²) in [6.07, 6.45) is 0.198. The fourth-order valence-corrected chi connectivity index (χ4v) is 4.48. The molecular formula is C22H20F3NO2. The van der Waals surface area contributed by atoms with Gasteiger partial charge in [0.05, 0.1) is 24.3 Å². The summed E-state index contributed by atoms with van der Waals surface area (Å²) in [4.78, 5) is 12.3. The van der Waals surface area contributed by atoms with E-state index in [1.165, 1.54) is 13.2 Å². The lowest BCUT2D eigenvalue weighted by atomic mass is 9.74. The first-order chi connectivity index (χ1) is 13.3. The number of hydrogen-bond acceptors (Lipinski definition) is 3. The first-order valence-electron chi connectivity index (χ1n) is 9.14. The third-order valence-corrected chi connectivity index (χ3v) is 5.73. The predicted molar refractivity (Wildman–Crippen MR) is 100 cm³/mol. The maximum Gasteiger partial charge on any atom is 0.416 e. The fraction of sp³-hybridized carbons (Fsp3) is 0.318. The molecule has 4 rings (SSSR count). The van der Waals surface area contributed by atoms with Crippen LogP contribution in [0.4, 0.5) is 18.9 Å². The molecule has 2 aliphatic rings. The molecular weight excluding hydrogens is 367 g/mol. The summed E-state index contributed by atoms with van der Waals surface area (Å²) in [6.45, 7) is 1.89. The fourth-order valence-electron chi connectivity index (χ4n) is 4.48. The number of nitrogens with one attached hydrogen (secondary N) is 1. The Morgan fingerprint density at radius 3 is 2.64 bits per heavy atom. The van der Waals surface area contributed by atoms with E-state index in [2.05, 4.69) is 5.32 Å². The Morgan fingerprint density at radius 1 is 1.18 bits per heavy atom. The highest BCUT2D eigenvalue weighted by Gasteiger charge is 2.44. The van der Waals surface area contributed by atoms with E-state index >= 15 is 0 Å². The van der Waals surface area contributed by atoms with E-state index in [0.717, 1.165) is 22.9 Å². The monoisotopic (exact) mass is 387 g/mol. The van der Waals surface area contributed by atoms with E-state index < -0.39 is 23.8 Å². The normalized spacial score (nSPS) is 23.0. The molecule has 0 amide bonds. The lowest BCUT2D eigenvalue weighted by molar-refractivity contribution is -0.138. The largest absolute Gasteiger partial charge is 0.465 e. The molecule has 1 heterocycles. The van der Waals surface area contributed by atoms with Gasteiger partial charge in [0.2, 0.25) is 0 Å². The molecule has 146 valence electrons. The molecule has 1 aliphatic heterocycles. The topological polar surface area (TPSA) is 38.3 Å². The number of halogens is 3. The van der Waals surface area contributed by atoms with Crippen LogP contribution in [0.5, 0.6) is 0 Å². The SMILES string of the molecule is COC(=O)c1ccc(C)c2c1[C@@H]1C=CC[C@@H]1[C@H](c1ccccc1C(F)(F)F)N2. The van der Waals surface area contributed by atoms with Crippen LogP contribution in [-0.2, 0) is 10.9 Å². The summed E-state index contributed by atoms with van der Waals surface area (Å²) >= 11 is 0. The average molecular weight is 387 g/mol. The summed E-state index contributed by atoms with van der Waals surface area (Å²) in [7, 11) is 1.33. The Labute approximate surface area is 161 Å². The van der Waals surface area contributed by atoms with Gasteiger partial charge in [-0.05, 0) is 48.1 Å². The molecule has 0 radical (unpaired) electrons. The average Bonchev–Trinajstić information content (AvgIpc) is 3.16. The standard InChI is InChI=1S/C22H20F3NO2/c1-12-10-11-16(21(27)28-2)18-13-7-5-8-14(13)20(26-19(12)18)15-6-3-4-9-17(15)22(23,24)25/h3-7,9-11,13-14,20,26H,8H2,1-2H3/t13-,14+,20-/m1/s1. The highest BCUT2D eigenvalue weighted by molar-refractivity contribution is 5.94. The number of hydrogen-bond donors (Lipinski definition) is 1. The summed E-state index contributed by atoms with van der Waals surface area (Å²) in [6, 6.07) is 8.74. The maximum atomic E-state index is 13.6. The van der Waals surface area contributed by atoms with Crippen molar-refractivity contribution < 1.29 is 22.7 Å². The first kappa shape index (κ1) is 18.6. The van der Waals surface area contributed by atoms with Gasteiger partial charge in [-0.1, -0.05) is 36.4 Å². The van der Waals surface area contributed by atoms with Gasteiger partial charge in [-0.3, -0.25) is 0 Å². The van der Waals surface area contributed by atoms with E-state index in [1.807, 2.05) is 19.1 Å². The van der Waals surface area contributed by atoms with Crippen molar-refractivity contribution in [1.29, 1.82) is 0 Å². The zero-order valence-corrected chi connectivity index (χ0v) is 15.5. The number of rotatable bonds is 2. The third kappa shape index (κ3) is 2.87. The molecule has 0 aromatic heterocycles. The number of allylic oxidation sites excluding steroid dienone is 2. The minimum absolute atomic E-state index is 0.110. The van der Waals surface area contributed by atoms with Gasteiger partial charge in [-0.25, -0.2) is 4.79 Å². The van der Waals surface area contributed by atoms with Gasteiger partial charge in [0.1, 0.15) is 0 Å². The third-order valence-electron chi connectivity index (χ3n) is 5.73. The molecule has 3 nitrogen and oxygen atoms in total. The molecule has 6 heteroatoms. The summed E-state index contributed by atoms with van der Waals surface area (Å²) in [5, 5.41) is 3.34. The van der Waals surface area contributed by atoms with Crippen LogP contribution in [0.2, 0.25) is 0 Å². The summed E-state index contributed by atoms with van der Waals surface area (Å²) in [5.41, 5.74) is 2.49. The molecule has 2 aromatic carbocycles. The Balaban J connectivity index is 1.89. The van der Waals surface area contributed by atoms with Gasteiger partial charge in [0.25, 0.3) is 0 Å². The number of carbonyl (C=O) groups is 1. The number of fused-ring (bicyclic) bond motifs is 3. The molecule has 0 bridgehead atoms. The van der Waals surface area contributed by atoms with Crippen LogP contribution in [0.25, 0.3) is 0 Å². The van der Waals surface area contributed by atoms with E-state index in [-0.39, 0.29) is 17.4 Å². The van der Waals surface area contributed by atoms with Gasteiger partial charge in [-0.15, -0.1) is 0 Å². The Bertz CT molecular complexity index is 965. The summed E-state index contributed by atoms with van der Waals surface area (Å²) in [5.74, 6) is -0.691. The first-order valence-corrected chi connectivity index (χ1v) is 9.14. The second-order valence-electron chi connectivity index (χ2n) is 7.27.